The predicted octanol–water partition coefficient (Wildman–Crippen LogP) is 2.45. The number of aryl methyl sites for hydroxylation is 1. The molecule has 3 nitrogen and oxygen atoms in total. The van der Waals surface area contributed by atoms with Gasteiger partial charge in [-0.05, 0) is 30.0 Å². The van der Waals surface area contributed by atoms with Crippen LogP contribution >= 0.6 is 15.9 Å². The number of carbonyl (C=O) groups excluding carboxylic acids is 1. The van der Waals surface area contributed by atoms with E-state index in [9.17, 15) is 9.59 Å². The maximum atomic E-state index is 12.1. The van der Waals surface area contributed by atoms with Crippen LogP contribution in [-0.4, -0.2) is 21.7 Å². The van der Waals surface area contributed by atoms with Crippen LogP contribution in [0, 0.1) is 5.92 Å². The number of Topliss-reactive ketones (excluding diaryl/α,β-unsaturated/α-hetero) is 1. The van der Waals surface area contributed by atoms with Crippen LogP contribution in [0.2, 0.25) is 0 Å². The minimum Gasteiger partial charge on any atom is -0.481 e. The first-order valence-electron chi connectivity index (χ1n) is 5.57. The molecule has 0 spiro atoms. The number of carbonyl (C=O) groups is 2. The molecule has 1 N–H and O–H groups in total. The summed E-state index contributed by atoms with van der Waals surface area (Å²) in [6.45, 7) is 2.03. The molecule has 2 atom stereocenters. The third-order valence-corrected chi connectivity index (χ3v) is 4.26. The van der Waals surface area contributed by atoms with Crippen LogP contribution in [0.4, 0.5) is 0 Å². The smallest absolute Gasteiger partial charge is 0.308 e. The van der Waals surface area contributed by atoms with Gasteiger partial charge in [0, 0.05) is 5.56 Å². The Balaban J connectivity index is 2.45. The molecule has 90 valence electrons. The van der Waals surface area contributed by atoms with Gasteiger partial charge in [0.2, 0.25) is 0 Å². The van der Waals surface area contributed by atoms with Gasteiger partial charge in [0.1, 0.15) is 0 Å². The average Bonchev–Trinajstić information content (AvgIpc) is 2.33. The van der Waals surface area contributed by atoms with Crippen LogP contribution in [0.1, 0.15) is 28.4 Å². The number of carboxylic acids is 1. The average molecular weight is 297 g/mol. The highest BCUT2D eigenvalue weighted by Crippen LogP contribution is 2.31. The normalized spacial score (nSPS) is 23.3. The minimum atomic E-state index is -0.926. The molecule has 0 amide bonds. The van der Waals surface area contributed by atoms with Crippen molar-refractivity contribution >= 4 is 27.7 Å². The van der Waals surface area contributed by atoms with Crippen molar-refractivity contribution in [1.29, 1.82) is 0 Å². The monoisotopic (exact) mass is 296 g/mol. The Morgan fingerprint density at radius 3 is 2.82 bits per heavy atom. The largest absolute Gasteiger partial charge is 0.481 e. The molecule has 1 aromatic carbocycles. The molecule has 2 rings (SSSR count). The van der Waals surface area contributed by atoms with Gasteiger partial charge < -0.3 is 5.11 Å². The van der Waals surface area contributed by atoms with Crippen LogP contribution in [-0.2, 0) is 17.6 Å². The number of carboxylic acid groups (broad SMARTS) is 1. The molecule has 1 aliphatic carbocycles. The van der Waals surface area contributed by atoms with Crippen molar-refractivity contribution in [2.24, 2.45) is 5.92 Å². The van der Waals surface area contributed by atoms with Gasteiger partial charge in [0.05, 0.1) is 10.7 Å². The number of fused-ring (bicyclic) bond motifs is 1. The van der Waals surface area contributed by atoms with Gasteiger partial charge in [0.25, 0.3) is 0 Å². The third-order valence-electron chi connectivity index (χ3n) is 3.21. The van der Waals surface area contributed by atoms with Crippen molar-refractivity contribution in [2.75, 3.05) is 0 Å². The lowest BCUT2D eigenvalue weighted by molar-refractivity contribution is -0.141. The van der Waals surface area contributed by atoms with Crippen molar-refractivity contribution < 1.29 is 14.7 Å². The first-order valence-corrected chi connectivity index (χ1v) is 6.49. The van der Waals surface area contributed by atoms with E-state index in [1.165, 1.54) is 0 Å². The summed E-state index contributed by atoms with van der Waals surface area (Å²) in [6.07, 6.45) is 1.28. The summed E-state index contributed by atoms with van der Waals surface area (Å²) >= 11 is 3.21. The Hall–Kier alpha value is -1.16. The van der Waals surface area contributed by atoms with Crippen molar-refractivity contribution in [3.8, 4) is 0 Å². The highest BCUT2D eigenvalue weighted by Gasteiger charge is 2.37. The topological polar surface area (TPSA) is 54.4 Å². The summed E-state index contributed by atoms with van der Waals surface area (Å²) in [4.78, 5) is 22.5. The fourth-order valence-electron chi connectivity index (χ4n) is 2.14. The second-order valence-corrected chi connectivity index (χ2v) is 5.25. The minimum absolute atomic E-state index is 0.117. The maximum Gasteiger partial charge on any atom is 0.308 e. The molecule has 0 aliphatic heterocycles. The number of rotatable bonds is 2. The molecule has 0 fully saturated rings. The zero-order valence-electron chi connectivity index (χ0n) is 9.44. The molecular formula is C13H13BrO3. The van der Waals surface area contributed by atoms with Crippen molar-refractivity contribution in [1.82, 2.24) is 0 Å². The first-order chi connectivity index (χ1) is 8.04. The van der Waals surface area contributed by atoms with Crippen molar-refractivity contribution in [3.63, 3.8) is 0 Å². The summed E-state index contributed by atoms with van der Waals surface area (Å²) in [5.74, 6) is -1.71. The summed E-state index contributed by atoms with van der Waals surface area (Å²) in [7, 11) is 0. The molecule has 4 heteroatoms. The molecular weight excluding hydrogens is 284 g/mol. The van der Waals surface area contributed by atoms with Gasteiger partial charge in [-0.25, -0.2) is 0 Å². The number of alkyl halides is 1. The zero-order chi connectivity index (χ0) is 12.6. The Kier molecular flexibility index (Phi) is 3.33. The van der Waals surface area contributed by atoms with Crippen molar-refractivity contribution in [2.45, 2.75) is 24.6 Å². The van der Waals surface area contributed by atoms with E-state index in [0.29, 0.717) is 12.0 Å². The van der Waals surface area contributed by atoms with Crippen molar-refractivity contribution in [3.05, 3.63) is 34.9 Å². The number of benzene rings is 1. The second-order valence-electron chi connectivity index (χ2n) is 4.26. The van der Waals surface area contributed by atoms with E-state index in [0.717, 1.165) is 17.5 Å². The van der Waals surface area contributed by atoms with Gasteiger partial charge >= 0.3 is 5.97 Å². The van der Waals surface area contributed by atoms with Gasteiger partial charge in [-0.2, -0.15) is 0 Å². The molecule has 1 aliphatic rings. The SMILES string of the molecule is CCc1ccc2c(c1)C(=O)C(Br)C(C(=O)O)C2. The first kappa shape index (κ1) is 12.3. The highest BCUT2D eigenvalue weighted by molar-refractivity contribution is 9.10. The van der Waals surface area contributed by atoms with Gasteiger partial charge in [0.15, 0.2) is 5.78 Å². The van der Waals surface area contributed by atoms with Crippen LogP contribution in [0.3, 0.4) is 0 Å². The number of ketones is 1. The lowest BCUT2D eigenvalue weighted by Crippen LogP contribution is -2.37. The molecule has 0 radical (unpaired) electrons. The van der Waals surface area contributed by atoms with E-state index < -0.39 is 16.7 Å². The van der Waals surface area contributed by atoms with E-state index in [-0.39, 0.29) is 5.78 Å². The number of aliphatic carboxylic acids is 1. The zero-order valence-corrected chi connectivity index (χ0v) is 11.0. The summed E-state index contributed by atoms with van der Waals surface area (Å²) in [5.41, 5.74) is 2.62. The molecule has 0 saturated carbocycles. The standard InChI is InChI=1S/C13H13BrO3/c1-2-7-3-4-8-6-10(13(16)17)11(14)12(15)9(8)5-7/h3-5,10-11H,2,6H2,1H3,(H,16,17). The van der Waals surface area contributed by atoms with Gasteiger partial charge in [-0.3, -0.25) is 9.59 Å². The summed E-state index contributed by atoms with van der Waals surface area (Å²) < 4.78 is 0. The predicted molar refractivity (Wildman–Crippen MR) is 67.7 cm³/mol. The Bertz CT molecular complexity index is 482. The van der Waals surface area contributed by atoms with E-state index >= 15 is 0 Å². The molecule has 0 heterocycles. The maximum absolute atomic E-state index is 12.1. The molecule has 17 heavy (non-hydrogen) atoms. The Morgan fingerprint density at radius 2 is 2.24 bits per heavy atom. The highest BCUT2D eigenvalue weighted by atomic mass is 79.9. The van der Waals surface area contributed by atoms with Crippen LogP contribution < -0.4 is 0 Å². The van der Waals surface area contributed by atoms with E-state index in [1.54, 1.807) is 0 Å². The van der Waals surface area contributed by atoms with Gasteiger partial charge in [-0.15, -0.1) is 0 Å². The van der Waals surface area contributed by atoms with E-state index in [4.69, 9.17) is 5.11 Å². The lowest BCUT2D eigenvalue weighted by atomic mass is 9.82. The van der Waals surface area contributed by atoms with Gasteiger partial charge in [-0.1, -0.05) is 35.0 Å². The summed E-state index contributed by atoms with van der Waals surface area (Å²) in [6, 6.07) is 5.71. The lowest BCUT2D eigenvalue weighted by Gasteiger charge is -2.25. The quantitative estimate of drug-likeness (QED) is 0.853. The third kappa shape index (κ3) is 2.14. The Morgan fingerprint density at radius 1 is 1.53 bits per heavy atom. The fourth-order valence-corrected chi connectivity index (χ4v) is 2.79. The second kappa shape index (κ2) is 4.61. The summed E-state index contributed by atoms with van der Waals surface area (Å²) in [5, 5.41) is 9.07. The molecule has 0 bridgehead atoms. The number of hydrogen-bond acceptors (Lipinski definition) is 2. The van der Waals surface area contributed by atoms with E-state index in [1.807, 2.05) is 25.1 Å². The number of hydrogen-bond donors (Lipinski definition) is 1. The van der Waals surface area contributed by atoms with Crippen LogP contribution in [0.5, 0.6) is 0 Å². The Labute approximate surface area is 108 Å². The molecule has 1 aromatic rings. The molecule has 0 saturated heterocycles. The van der Waals surface area contributed by atoms with E-state index in [2.05, 4.69) is 15.9 Å². The fraction of sp³-hybridized carbons (Fsp3) is 0.385. The molecule has 2 unspecified atom stereocenters. The molecule has 0 aromatic heterocycles. The van der Waals surface area contributed by atoms with Crippen LogP contribution in [0.25, 0.3) is 0 Å². The van der Waals surface area contributed by atoms with Crippen LogP contribution in [0.15, 0.2) is 18.2 Å². The number of halogens is 1.